The lowest BCUT2D eigenvalue weighted by molar-refractivity contribution is 0.208. The maximum atomic E-state index is 4.67. The predicted molar refractivity (Wildman–Crippen MR) is 87.2 cm³/mol. The van der Waals surface area contributed by atoms with Crippen LogP contribution in [0.2, 0.25) is 0 Å². The number of nitrogens with zero attached hydrogens (tertiary/aromatic N) is 6. The van der Waals surface area contributed by atoms with Crippen LogP contribution in [-0.2, 0) is 0 Å². The van der Waals surface area contributed by atoms with Crippen molar-refractivity contribution in [3.05, 3.63) is 5.82 Å². The van der Waals surface area contributed by atoms with Crippen LogP contribution in [0.3, 0.4) is 0 Å². The van der Waals surface area contributed by atoms with E-state index in [1.165, 1.54) is 0 Å². The summed E-state index contributed by atoms with van der Waals surface area (Å²) in [6.45, 7) is 12.8. The van der Waals surface area contributed by atoms with E-state index in [1.54, 1.807) is 0 Å². The molecule has 0 atom stereocenters. The largest absolute Gasteiger partial charge is 0.347 e. The molecule has 0 saturated carbocycles. The van der Waals surface area contributed by atoms with E-state index in [2.05, 4.69) is 52.4 Å². The van der Waals surface area contributed by atoms with Gasteiger partial charge in [-0.2, -0.15) is 15.0 Å². The maximum Gasteiger partial charge on any atom is 0.230 e. The Balaban J connectivity index is 2.19. The first kappa shape index (κ1) is 15.9. The molecule has 1 fully saturated rings. The first-order valence-corrected chi connectivity index (χ1v) is 7.80. The highest BCUT2D eigenvalue weighted by molar-refractivity contribution is 5.39. The molecule has 0 amide bonds. The molecule has 0 aliphatic carbocycles. The zero-order chi connectivity index (χ0) is 15.6. The molecule has 0 radical (unpaired) electrons. The lowest BCUT2D eigenvalue weighted by Gasteiger charge is -2.37. The molecule has 0 aromatic carbocycles. The molecular formula is C15H28N6. The minimum Gasteiger partial charge on any atom is -0.347 e. The molecule has 6 nitrogen and oxygen atoms in total. The third kappa shape index (κ3) is 3.81. The highest BCUT2D eigenvalue weighted by Crippen LogP contribution is 2.19. The number of aromatic nitrogens is 3. The molecule has 1 saturated heterocycles. The molecular weight excluding hydrogens is 264 g/mol. The quantitative estimate of drug-likeness (QED) is 0.840. The van der Waals surface area contributed by atoms with Crippen molar-refractivity contribution in [1.29, 1.82) is 0 Å². The highest BCUT2D eigenvalue weighted by atomic mass is 15.4. The fourth-order valence-electron chi connectivity index (χ4n) is 2.41. The van der Waals surface area contributed by atoms with Crippen molar-refractivity contribution in [3.63, 3.8) is 0 Å². The van der Waals surface area contributed by atoms with Crippen molar-refractivity contribution in [2.45, 2.75) is 39.7 Å². The van der Waals surface area contributed by atoms with Crippen LogP contribution in [0.15, 0.2) is 0 Å². The van der Waals surface area contributed by atoms with Crippen molar-refractivity contribution in [3.8, 4) is 0 Å². The van der Waals surface area contributed by atoms with Gasteiger partial charge in [0.05, 0.1) is 0 Å². The maximum absolute atomic E-state index is 4.67. The van der Waals surface area contributed by atoms with Crippen molar-refractivity contribution in [2.24, 2.45) is 0 Å². The van der Waals surface area contributed by atoms with Crippen molar-refractivity contribution in [1.82, 2.24) is 19.9 Å². The molecule has 6 heteroatoms. The zero-order valence-electron chi connectivity index (χ0n) is 14.2. The van der Waals surface area contributed by atoms with Gasteiger partial charge in [0.15, 0.2) is 0 Å². The third-order valence-electron chi connectivity index (χ3n) is 3.87. The third-order valence-corrected chi connectivity index (χ3v) is 3.87. The Kier molecular flexibility index (Phi) is 4.98. The second kappa shape index (κ2) is 6.56. The van der Waals surface area contributed by atoms with Gasteiger partial charge in [0.2, 0.25) is 11.9 Å². The summed E-state index contributed by atoms with van der Waals surface area (Å²) in [4.78, 5) is 20.5. The fourth-order valence-corrected chi connectivity index (χ4v) is 2.41. The summed E-state index contributed by atoms with van der Waals surface area (Å²) in [6, 6.07) is 0.606. The molecule has 1 aliphatic heterocycles. The average Bonchev–Trinajstić information content (AvgIpc) is 2.46. The Hall–Kier alpha value is -1.43. The van der Waals surface area contributed by atoms with Crippen LogP contribution in [0.25, 0.3) is 0 Å². The predicted octanol–water partition coefficient (Wildman–Crippen LogP) is 1.59. The summed E-state index contributed by atoms with van der Waals surface area (Å²) in [5, 5.41) is 0. The van der Waals surface area contributed by atoms with Gasteiger partial charge in [-0.1, -0.05) is 13.8 Å². The summed E-state index contributed by atoms with van der Waals surface area (Å²) >= 11 is 0. The molecule has 2 rings (SSSR count). The van der Waals surface area contributed by atoms with Gasteiger partial charge >= 0.3 is 0 Å². The molecule has 1 aromatic heterocycles. The van der Waals surface area contributed by atoms with E-state index >= 15 is 0 Å². The molecule has 21 heavy (non-hydrogen) atoms. The van der Waals surface area contributed by atoms with Crippen LogP contribution < -0.4 is 9.80 Å². The number of hydrogen-bond donors (Lipinski definition) is 0. The normalized spacial score (nSPS) is 16.9. The van der Waals surface area contributed by atoms with Crippen molar-refractivity contribution < 1.29 is 0 Å². The summed E-state index contributed by atoms with van der Waals surface area (Å²) < 4.78 is 0. The number of piperazine rings is 1. The second-order valence-corrected chi connectivity index (χ2v) is 6.46. The van der Waals surface area contributed by atoms with Gasteiger partial charge in [0, 0.05) is 52.2 Å². The van der Waals surface area contributed by atoms with Crippen molar-refractivity contribution >= 4 is 11.9 Å². The molecule has 0 N–H and O–H groups in total. The first-order valence-electron chi connectivity index (χ1n) is 7.80. The molecule has 1 aromatic rings. The van der Waals surface area contributed by atoms with Crippen molar-refractivity contribution in [2.75, 3.05) is 50.1 Å². The summed E-state index contributed by atoms with van der Waals surface area (Å²) in [5.74, 6) is 2.74. The van der Waals surface area contributed by atoms with E-state index in [0.29, 0.717) is 12.0 Å². The molecule has 118 valence electrons. The average molecular weight is 292 g/mol. The van der Waals surface area contributed by atoms with E-state index in [9.17, 15) is 0 Å². The standard InChI is InChI=1S/C15H28N6/c1-11(2)13-16-14(19(5)6)18-15(17-13)21-9-7-20(8-10-21)12(3)4/h11-12H,7-10H2,1-6H3. The van der Waals surface area contributed by atoms with Crippen LogP contribution in [0.5, 0.6) is 0 Å². The lowest BCUT2D eigenvalue weighted by atomic mass is 10.2. The minimum atomic E-state index is 0.308. The van der Waals surface area contributed by atoms with E-state index in [-0.39, 0.29) is 0 Å². The van der Waals surface area contributed by atoms with Gasteiger partial charge in [-0.05, 0) is 13.8 Å². The number of hydrogen-bond acceptors (Lipinski definition) is 6. The molecule has 1 aliphatic rings. The monoisotopic (exact) mass is 292 g/mol. The van der Waals surface area contributed by atoms with Crippen LogP contribution in [0, 0.1) is 0 Å². The minimum absolute atomic E-state index is 0.308. The molecule has 0 bridgehead atoms. The second-order valence-electron chi connectivity index (χ2n) is 6.46. The Morgan fingerprint density at radius 3 is 2.00 bits per heavy atom. The molecule has 2 heterocycles. The smallest absolute Gasteiger partial charge is 0.230 e. The summed E-state index contributed by atoms with van der Waals surface area (Å²) in [7, 11) is 3.94. The van der Waals surface area contributed by atoms with Crippen LogP contribution >= 0.6 is 0 Å². The number of rotatable bonds is 4. The van der Waals surface area contributed by atoms with Crippen LogP contribution in [0.1, 0.15) is 39.4 Å². The van der Waals surface area contributed by atoms with E-state index in [0.717, 1.165) is 43.9 Å². The Labute approximate surface area is 128 Å². The van der Waals surface area contributed by atoms with Gasteiger partial charge in [0.1, 0.15) is 5.82 Å². The van der Waals surface area contributed by atoms with Gasteiger partial charge in [0.25, 0.3) is 0 Å². The van der Waals surface area contributed by atoms with Gasteiger partial charge in [-0.15, -0.1) is 0 Å². The van der Waals surface area contributed by atoms with Crippen LogP contribution in [-0.4, -0.2) is 66.2 Å². The van der Waals surface area contributed by atoms with E-state index in [1.807, 2.05) is 19.0 Å². The van der Waals surface area contributed by atoms with Gasteiger partial charge in [-0.25, -0.2) is 0 Å². The lowest BCUT2D eigenvalue weighted by Crippen LogP contribution is -2.49. The zero-order valence-corrected chi connectivity index (χ0v) is 14.2. The SMILES string of the molecule is CC(C)c1nc(N(C)C)nc(N2CCN(C(C)C)CC2)n1. The topological polar surface area (TPSA) is 48.4 Å². The molecule has 0 spiro atoms. The Bertz CT molecular complexity index is 437. The fraction of sp³-hybridized carbons (Fsp3) is 0.800. The highest BCUT2D eigenvalue weighted by Gasteiger charge is 2.22. The number of anilines is 2. The summed E-state index contributed by atoms with van der Waals surface area (Å²) in [6.07, 6.45) is 0. The summed E-state index contributed by atoms with van der Waals surface area (Å²) in [5.41, 5.74) is 0. The van der Waals surface area contributed by atoms with Gasteiger partial charge in [-0.3, -0.25) is 4.90 Å². The molecule has 0 unspecified atom stereocenters. The van der Waals surface area contributed by atoms with E-state index < -0.39 is 0 Å². The van der Waals surface area contributed by atoms with Crippen LogP contribution in [0.4, 0.5) is 11.9 Å². The Morgan fingerprint density at radius 1 is 0.905 bits per heavy atom. The first-order chi connectivity index (χ1) is 9.88. The van der Waals surface area contributed by atoms with Gasteiger partial charge < -0.3 is 9.80 Å². The van der Waals surface area contributed by atoms with E-state index in [4.69, 9.17) is 0 Å². The Morgan fingerprint density at radius 2 is 1.52 bits per heavy atom.